The van der Waals surface area contributed by atoms with E-state index in [1.165, 1.54) is 0 Å². The SMILES string of the molecule is CCCCc1cc(OC(C)(C)C(=O)OCC)ccc1OCCc1nc(-c2ccccc2)oc1C. The summed E-state index contributed by atoms with van der Waals surface area (Å²) in [5.41, 5.74) is 1.84. The fourth-order valence-corrected chi connectivity index (χ4v) is 3.59. The molecule has 2 aromatic carbocycles. The first-order valence-electron chi connectivity index (χ1n) is 12.0. The van der Waals surface area contributed by atoms with Crippen molar-refractivity contribution in [2.24, 2.45) is 0 Å². The molecule has 0 saturated heterocycles. The molecule has 1 heterocycles. The van der Waals surface area contributed by atoms with Crippen LogP contribution in [0.1, 0.15) is 57.6 Å². The van der Waals surface area contributed by atoms with Gasteiger partial charge in [-0.25, -0.2) is 9.78 Å². The van der Waals surface area contributed by atoms with E-state index >= 15 is 0 Å². The van der Waals surface area contributed by atoms with E-state index in [0.29, 0.717) is 31.3 Å². The molecule has 34 heavy (non-hydrogen) atoms. The van der Waals surface area contributed by atoms with Gasteiger partial charge in [0.2, 0.25) is 5.89 Å². The number of hydrogen-bond acceptors (Lipinski definition) is 6. The van der Waals surface area contributed by atoms with Crippen molar-refractivity contribution in [2.45, 2.75) is 65.9 Å². The Morgan fingerprint density at radius 3 is 2.53 bits per heavy atom. The fraction of sp³-hybridized carbons (Fsp3) is 0.429. The normalized spacial score (nSPS) is 11.3. The number of oxazole rings is 1. The summed E-state index contributed by atoms with van der Waals surface area (Å²) in [6, 6.07) is 15.6. The molecule has 6 heteroatoms. The lowest BCUT2D eigenvalue weighted by molar-refractivity contribution is -0.158. The van der Waals surface area contributed by atoms with Gasteiger partial charge in [-0.3, -0.25) is 0 Å². The highest BCUT2D eigenvalue weighted by Gasteiger charge is 2.31. The molecule has 0 fully saturated rings. The average Bonchev–Trinajstić information content (AvgIpc) is 3.19. The Bertz CT molecular complexity index is 1070. The highest BCUT2D eigenvalue weighted by molar-refractivity contribution is 5.79. The number of rotatable bonds is 12. The van der Waals surface area contributed by atoms with Gasteiger partial charge >= 0.3 is 5.97 Å². The molecule has 0 bridgehead atoms. The van der Waals surface area contributed by atoms with Crippen LogP contribution in [0.2, 0.25) is 0 Å². The number of benzene rings is 2. The Balaban J connectivity index is 1.68. The van der Waals surface area contributed by atoms with Gasteiger partial charge in [-0.15, -0.1) is 0 Å². The van der Waals surface area contributed by atoms with Crippen molar-refractivity contribution >= 4 is 5.97 Å². The van der Waals surface area contributed by atoms with Crippen LogP contribution in [-0.2, 0) is 22.4 Å². The molecule has 3 rings (SSSR count). The number of hydrogen-bond donors (Lipinski definition) is 0. The average molecular weight is 466 g/mol. The quantitative estimate of drug-likeness (QED) is 0.291. The summed E-state index contributed by atoms with van der Waals surface area (Å²) in [6.07, 6.45) is 3.61. The summed E-state index contributed by atoms with van der Waals surface area (Å²) in [4.78, 5) is 16.9. The number of aromatic nitrogens is 1. The molecule has 6 nitrogen and oxygen atoms in total. The standard InChI is InChI=1S/C28H35NO5/c1-6-8-12-22-19-23(34-28(4,5)27(30)31-7-2)15-16-25(22)32-18-17-24-20(3)33-26(29-24)21-13-10-9-11-14-21/h9-11,13-16,19H,6-8,12,17-18H2,1-5H3. The van der Waals surface area contributed by atoms with Crippen LogP contribution in [0.5, 0.6) is 11.5 Å². The maximum atomic E-state index is 12.2. The molecule has 0 spiro atoms. The van der Waals surface area contributed by atoms with Crippen LogP contribution in [0.15, 0.2) is 52.9 Å². The van der Waals surface area contributed by atoms with Crippen LogP contribution < -0.4 is 9.47 Å². The van der Waals surface area contributed by atoms with E-state index < -0.39 is 5.60 Å². The third kappa shape index (κ3) is 6.62. The van der Waals surface area contributed by atoms with Crippen molar-refractivity contribution < 1.29 is 23.4 Å². The molecule has 3 aromatic rings. The zero-order valence-corrected chi connectivity index (χ0v) is 20.8. The summed E-state index contributed by atoms with van der Waals surface area (Å²) < 4.78 is 23.1. The van der Waals surface area contributed by atoms with Gasteiger partial charge in [0.05, 0.1) is 18.9 Å². The second-order valence-corrected chi connectivity index (χ2v) is 8.69. The Labute approximate surface area is 202 Å². The molecular weight excluding hydrogens is 430 g/mol. The van der Waals surface area contributed by atoms with Gasteiger partial charge < -0.3 is 18.6 Å². The third-order valence-corrected chi connectivity index (χ3v) is 5.48. The number of nitrogens with zero attached hydrogens (tertiary/aromatic N) is 1. The zero-order valence-electron chi connectivity index (χ0n) is 20.8. The van der Waals surface area contributed by atoms with E-state index in [2.05, 4.69) is 11.9 Å². The largest absolute Gasteiger partial charge is 0.493 e. The second kappa shape index (κ2) is 11.7. The smallest absolute Gasteiger partial charge is 0.349 e. The molecule has 0 atom stereocenters. The van der Waals surface area contributed by atoms with Crippen molar-refractivity contribution in [1.29, 1.82) is 0 Å². The molecule has 0 radical (unpaired) electrons. The lowest BCUT2D eigenvalue weighted by atomic mass is 10.1. The number of aryl methyl sites for hydroxylation is 2. The van der Waals surface area contributed by atoms with Crippen molar-refractivity contribution in [3.63, 3.8) is 0 Å². The molecule has 0 N–H and O–H groups in total. The van der Waals surface area contributed by atoms with Crippen molar-refractivity contribution in [3.05, 3.63) is 65.5 Å². The van der Waals surface area contributed by atoms with E-state index in [9.17, 15) is 4.79 Å². The molecule has 0 saturated carbocycles. The first-order valence-corrected chi connectivity index (χ1v) is 12.0. The van der Waals surface area contributed by atoms with Crippen LogP contribution in [0.25, 0.3) is 11.5 Å². The zero-order chi connectivity index (χ0) is 24.6. The first kappa shape index (κ1) is 25.3. The lowest BCUT2D eigenvalue weighted by Gasteiger charge is -2.24. The van der Waals surface area contributed by atoms with Gasteiger partial charge in [0.15, 0.2) is 5.60 Å². The number of carbonyl (C=O) groups excluding carboxylic acids is 1. The van der Waals surface area contributed by atoms with Crippen LogP contribution in [0.4, 0.5) is 0 Å². The first-order chi connectivity index (χ1) is 16.3. The van der Waals surface area contributed by atoms with E-state index in [4.69, 9.17) is 18.6 Å². The topological polar surface area (TPSA) is 70.8 Å². The van der Waals surface area contributed by atoms with Crippen molar-refractivity contribution in [3.8, 4) is 23.0 Å². The van der Waals surface area contributed by atoms with Gasteiger partial charge in [-0.05, 0) is 76.4 Å². The van der Waals surface area contributed by atoms with Gasteiger partial charge in [-0.1, -0.05) is 31.5 Å². The molecule has 0 unspecified atom stereocenters. The number of carbonyl (C=O) groups is 1. The van der Waals surface area contributed by atoms with E-state index in [-0.39, 0.29) is 5.97 Å². The minimum absolute atomic E-state index is 0.317. The Morgan fingerprint density at radius 2 is 1.82 bits per heavy atom. The third-order valence-electron chi connectivity index (χ3n) is 5.48. The van der Waals surface area contributed by atoms with Crippen LogP contribution >= 0.6 is 0 Å². The maximum Gasteiger partial charge on any atom is 0.349 e. The highest BCUT2D eigenvalue weighted by Crippen LogP contribution is 2.29. The molecule has 0 aliphatic carbocycles. The van der Waals surface area contributed by atoms with Crippen molar-refractivity contribution in [2.75, 3.05) is 13.2 Å². The molecule has 0 aliphatic heterocycles. The van der Waals surface area contributed by atoms with Crippen LogP contribution in [0.3, 0.4) is 0 Å². The Kier molecular flexibility index (Phi) is 8.74. The monoisotopic (exact) mass is 465 g/mol. The number of ether oxygens (including phenoxy) is 3. The highest BCUT2D eigenvalue weighted by atomic mass is 16.6. The summed E-state index contributed by atoms with van der Waals surface area (Å²) >= 11 is 0. The second-order valence-electron chi connectivity index (χ2n) is 8.69. The predicted molar refractivity (Wildman–Crippen MR) is 132 cm³/mol. The summed E-state index contributed by atoms with van der Waals surface area (Å²) in [5, 5.41) is 0. The van der Waals surface area contributed by atoms with Crippen LogP contribution in [0, 0.1) is 6.92 Å². The maximum absolute atomic E-state index is 12.2. The Morgan fingerprint density at radius 1 is 1.06 bits per heavy atom. The van der Waals surface area contributed by atoms with E-state index in [1.54, 1.807) is 20.8 Å². The van der Waals surface area contributed by atoms with E-state index in [1.807, 2.05) is 55.5 Å². The minimum Gasteiger partial charge on any atom is -0.493 e. The molecule has 1 aromatic heterocycles. The van der Waals surface area contributed by atoms with Crippen molar-refractivity contribution in [1.82, 2.24) is 4.98 Å². The number of unbranched alkanes of at least 4 members (excludes halogenated alkanes) is 1. The summed E-state index contributed by atoms with van der Waals surface area (Å²) in [5.74, 6) is 2.49. The summed E-state index contributed by atoms with van der Waals surface area (Å²) in [6.45, 7) is 10.1. The van der Waals surface area contributed by atoms with Gasteiger partial charge in [0, 0.05) is 12.0 Å². The number of esters is 1. The fourth-order valence-electron chi connectivity index (χ4n) is 3.59. The minimum atomic E-state index is -1.07. The van der Waals surface area contributed by atoms with Crippen LogP contribution in [-0.4, -0.2) is 29.8 Å². The van der Waals surface area contributed by atoms with Gasteiger partial charge in [0.25, 0.3) is 0 Å². The van der Waals surface area contributed by atoms with E-state index in [0.717, 1.165) is 47.6 Å². The molecule has 0 aliphatic rings. The Hall–Kier alpha value is -3.28. The molecule has 0 amide bonds. The molecule has 182 valence electrons. The predicted octanol–water partition coefficient (Wildman–Crippen LogP) is 6.33. The van der Waals surface area contributed by atoms with Gasteiger partial charge in [0.1, 0.15) is 17.3 Å². The summed E-state index contributed by atoms with van der Waals surface area (Å²) in [7, 11) is 0. The van der Waals surface area contributed by atoms with Gasteiger partial charge in [-0.2, -0.15) is 0 Å². The molecular formula is C28H35NO5. The lowest BCUT2D eigenvalue weighted by Crippen LogP contribution is -2.39.